The van der Waals surface area contributed by atoms with E-state index in [2.05, 4.69) is 10.1 Å². The fourth-order valence-electron chi connectivity index (χ4n) is 5.57. The maximum Gasteiger partial charge on any atom is 0.423 e. The van der Waals surface area contributed by atoms with Crippen LogP contribution in [0.15, 0.2) is 23.3 Å². The normalized spacial score (nSPS) is 21.3. The van der Waals surface area contributed by atoms with Crippen LogP contribution in [-0.4, -0.2) is 84.1 Å². The number of piperazine rings is 1. The molecule has 2 saturated heterocycles. The average Bonchev–Trinajstić information content (AvgIpc) is 3.30. The van der Waals surface area contributed by atoms with Crippen molar-refractivity contribution in [2.45, 2.75) is 50.1 Å². The van der Waals surface area contributed by atoms with Gasteiger partial charge in [-0.25, -0.2) is 10.1 Å². The first-order valence-corrected chi connectivity index (χ1v) is 13.2. The summed E-state index contributed by atoms with van der Waals surface area (Å²) in [5.74, 6) is 0.216. The Bertz CT molecular complexity index is 1320. The summed E-state index contributed by atoms with van der Waals surface area (Å²) >= 11 is 0. The van der Waals surface area contributed by atoms with Gasteiger partial charge in [-0.3, -0.25) is 9.59 Å². The topological polar surface area (TPSA) is 104 Å². The van der Waals surface area contributed by atoms with Gasteiger partial charge < -0.3 is 24.2 Å². The molecule has 0 radical (unpaired) electrons. The standard InChI is InChI=1S/C25H28F6N6O4/c26-24(27,28)15-10-19-22(32-11-15)37-7-6-35(13-16(37)3-9-41-19)20(38)4-8-40-14-17-2-1-5-36(17)18-12-33-34-23(39)21(18)25(29,30)31/h10-12,16-17H,1-9,13-14H2,(H,34,39)/t16?,17-/m0/s1. The molecule has 0 saturated carbocycles. The van der Waals surface area contributed by atoms with Gasteiger partial charge in [0.15, 0.2) is 11.6 Å². The zero-order valence-electron chi connectivity index (χ0n) is 21.8. The predicted molar refractivity (Wildman–Crippen MR) is 133 cm³/mol. The van der Waals surface area contributed by atoms with Crippen LogP contribution in [-0.2, 0) is 21.9 Å². The first kappa shape index (κ1) is 29.0. The predicted octanol–water partition coefficient (Wildman–Crippen LogP) is 3.08. The second kappa shape index (κ2) is 11.4. The van der Waals surface area contributed by atoms with E-state index in [4.69, 9.17) is 9.47 Å². The van der Waals surface area contributed by atoms with Crippen molar-refractivity contribution in [1.82, 2.24) is 20.1 Å². The Kier molecular flexibility index (Phi) is 8.03. The number of aromatic nitrogens is 3. The molecule has 1 N–H and O–H groups in total. The number of amides is 1. The molecule has 2 aromatic heterocycles. The molecule has 0 aromatic carbocycles. The number of pyridine rings is 1. The van der Waals surface area contributed by atoms with Crippen LogP contribution < -0.4 is 20.1 Å². The molecule has 10 nitrogen and oxygen atoms in total. The van der Waals surface area contributed by atoms with Crippen molar-refractivity contribution in [3.63, 3.8) is 0 Å². The highest BCUT2D eigenvalue weighted by atomic mass is 19.4. The molecule has 3 aliphatic heterocycles. The first-order chi connectivity index (χ1) is 19.4. The molecule has 16 heteroatoms. The van der Waals surface area contributed by atoms with E-state index in [9.17, 15) is 35.9 Å². The number of hydrogen-bond donors (Lipinski definition) is 1. The SMILES string of the molecule is O=C(CCOC[C@@H]1CCCN1c1cn[nH]c(=O)c1C(F)(F)F)N1CCN2c3ncc(C(F)(F)F)cc3OCCC2C1. The zero-order chi connectivity index (χ0) is 29.4. The minimum absolute atomic E-state index is 0.0556. The third kappa shape index (κ3) is 6.21. The Hall–Kier alpha value is -3.56. The Balaban J connectivity index is 1.14. The van der Waals surface area contributed by atoms with E-state index in [1.165, 1.54) is 4.90 Å². The molecule has 224 valence electrons. The van der Waals surface area contributed by atoms with Gasteiger partial charge in [0.05, 0.1) is 55.8 Å². The summed E-state index contributed by atoms with van der Waals surface area (Å²) in [6.45, 7) is 1.68. The summed E-state index contributed by atoms with van der Waals surface area (Å²) in [4.78, 5) is 33.8. The molecule has 0 spiro atoms. The number of halogens is 6. The maximum atomic E-state index is 13.5. The third-order valence-corrected chi connectivity index (χ3v) is 7.55. The lowest BCUT2D eigenvalue weighted by Gasteiger charge is -2.41. The molecule has 0 bridgehead atoms. The minimum atomic E-state index is -4.84. The monoisotopic (exact) mass is 590 g/mol. The van der Waals surface area contributed by atoms with E-state index >= 15 is 0 Å². The Morgan fingerprint density at radius 2 is 1.88 bits per heavy atom. The number of ether oxygens (including phenoxy) is 2. The number of alkyl halides is 6. The fourth-order valence-corrected chi connectivity index (χ4v) is 5.57. The molecule has 5 heterocycles. The summed E-state index contributed by atoms with van der Waals surface area (Å²) in [7, 11) is 0. The maximum absolute atomic E-state index is 13.5. The zero-order valence-corrected chi connectivity index (χ0v) is 21.8. The lowest BCUT2D eigenvalue weighted by molar-refractivity contribution is -0.139. The average molecular weight is 591 g/mol. The van der Waals surface area contributed by atoms with Crippen LogP contribution >= 0.6 is 0 Å². The third-order valence-electron chi connectivity index (χ3n) is 7.55. The van der Waals surface area contributed by atoms with E-state index in [0.29, 0.717) is 51.3 Å². The number of nitrogens with zero attached hydrogens (tertiary/aromatic N) is 5. The summed E-state index contributed by atoms with van der Waals surface area (Å²) in [6, 6.07) is 0.354. The van der Waals surface area contributed by atoms with Crippen LogP contribution in [0, 0.1) is 0 Å². The number of nitrogens with one attached hydrogen (secondary N) is 1. The minimum Gasteiger partial charge on any atom is -0.490 e. The number of carbonyl (C=O) groups is 1. The van der Waals surface area contributed by atoms with Gasteiger partial charge in [0.25, 0.3) is 5.56 Å². The summed E-state index contributed by atoms with van der Waals surface area (Å²) in [6.07, 6.45) is -5.89. The number of anilines is 2. The van der Waals surface area contributed by atoms with Gasteiger partial charge in [-0.1, -0.05) is 0 Å². The van der Waals surface area contributed by atoms with Crippen LogP contribution in [0.25, 0.3) is 0 Å². The molecule has 2 atom stereocenters. The van der Waals surface area contributed by atoms with Crippen LogP contribution in [0.4, 0.5) is 37.8 Å². The smallest absolute Gasteiger partial charge is 0.423 e. The summed E-state index contributed by atoms with van der Waals surface area (Å²) in [5, 5.41) is 5.37. The van der Waals surface area contributed by atoms with E-state index in [1.54, 1.807) is 4.90 Å². The lowest BCUT2D eigenvalue weighted by Crippen LogP contribution is -2.55. The largest absolute Gasteiger partial charge is 0.490 e. The molecule has 41 heavy (non-hydrogen) atoms. The van der Waals surface area contributed by atoms with Gasteiger partial charge in [0, 0.05) is 38.8 Å². The number of rotatable bonds is 6. The molecule has 5 rings (SSSR count). The Labute approximate surface area is 230 Å². The van der Waals surface area contributed by atoms with Crippen LogP contribution in [0.5, 0.6) is 5.75 Å². The van der Waals surface area contributed by atoms with E-state index in [0.717, 1.165) is 18.5 Å². The highest BCUT2D eigenvalue weighted by Gasteiger charge is 2.41. The Morgan fingerprint density at radius 3 is 2.63 bits per heavy atom. The Morgan fingerprint density at radius 1 is 1.07 bits per heavy atom. The fraction of sp³-hybridized carbons (Fsp3) is 0.600. The van der Waals surface area contributed by atoms with Crippen molar-refractivity contribution in [1.29, 1.82) is 0 Å². The second-order valence-electron chi connectivity index (χ2n) is 10.1. The number of fused-ring (bicyclic) bond motifs is 3. The molecule has 2 aromatic rings. The van der Waals surface area contributed by atoms with Crippen molar-refractivity contribution >= 4 is 17.4 Å². The highest BCUT2D eigenvalue weighted by Crippen LogP contribution is 2.38. The second-order valence-corrected chi connectivity index (χ2v) is 10.1. The quantitative estimate of drug-likeness (QED) is 0.405. The molecule has 1 amide bonds. The number of carbonyl (C=O) groups excluding carboxylic acids is 1. The molecule has 2 fully saturated rings. The van der Waals surface area contributed by atoms with Crippen molar-refractivity contribution in [3.05, 3.63) is 39.9 Å². The van der Waals surface area contributed by atoms with Crippen molar-refractivity contribution in [2.75, 3.05) is 55.8 Å². The molecule has 1 unspecified atom stereocenters. The number of aromatic amines is 1. The van der Waals surface area contributed by atoms with Crippen molar-refractivity contribution < 1.29 is 40.6 Å². The first-order valence-electron chi connectivity index (χ1n) is 13.2. The van der Waals surface area contributed by atoms with E-state index < -0.39 is 35.1 Å². The summed E-state index contributed by atoms with van der Waals surface area (Å²) in [5.41, 5.74) is -3.78. The summed E-state index contributed by atoms with van der Waals surface area (Å²) < 4.78 is 91.1. The molecule has 0 aliphatic carbocycles. The van der Waals surface area contributed by atoms with Gasteiger partial charge in [0.2, 0.25) is 5.91 Å². The van der Waals surface area contributed by atoms with Gasteiger partial charge in [-0.05, 0) is 18.9 Å². The van der Waals surface area contributed by atoms with E-state index in [-0.39, 0.29) is 49.6 Å². The van der Waals surface area contributed by atoms with Crippen LogP contribution in [0.1, 0.15) is 36.8 Å². The van der Waals surface area contributed by atoms with Gasteiger partial charge in [-0.2, -0.15) is 31.4 Å². The van der Waals surface area contributed by atoms with Crippen molar-refractivity contribution in [2.24, 2.45) is 0 Å². The van der Waals surface area contributed by atoms with Gasteiger partial charge >= 0.3 is 12.4 Å². The van der Waals surface area contributed by atoms with Crippen LogP contribution in [0.2, 0.25) is 0 Å². The number of H-pyrrole nitrogens is 1. The van der Waals surface area contributed by atoms with Crippen molar-refractivity contribution in [3.8, 4) is 5.75 Å². The van der Waals surface area contributed by atoms with E-state index in [1.807, 2.05) is 10.00 Å². The number of hydrogen-bond acceptors (Lipinski definition) is 8. The van der Waals surface area contributed by atoms with Crippen LogP contribution in [0.3, 0.4) is 0 Å². The molecular formula is C25H28F6N6O4. The molecule has 3 aliphatic rings. The molecular weight excluding hydrogens is 562 g/mol. The highest BCUT2D eigenvalue weighted by molar-refractivity contribution is 5.76. The van der Waals surface area contributed by atoms with Gasteiger partial charge in [-0.15, -0.1) is 0 Å². The van der Waals surface area contributed by atoms with Gasteiger partial charge in [0.1, 0.15) is 5.56 Å². The lowest BCUT2D eigenvalue weighted by atomic mass is 10.1.